The van der Waals surface area contributed by atoms with Gasteiger partial charge in [-0.1, -0.05) is 24.6 Å². The quantitative estimate of drug-likeness (QED) is 0.305. The number of hydrogen-bond acceptors (Lipinski definition) is 7. The van der Waals surface area contributed by atoms with Crippen LogP contribution < -0.4 is 10.2 Å². The minimum absolute atomic E-state index is 0.163. The smallest absolute Gasteiger partial charge is 0.225 e. The van der Waals surface area contributed by atoms with E-state index in [0.29, 0.717) is 34.2 Å². The Morgan fingerprint density at radius 1 is 1.12 bits per heavy atom. The summed E-state index contributed by atoms with van der Waals surface area (Å²) >= 11 is 6.94. The lowest BCUT2D eigenvalue weighted by molar-refractivity contribution is -0.144. The lowest BCUT2D eigenvalue weighted by Crippen LogP contribution is -2.61. The summed E-state index contributed by atoms with van der Waals surface area (Å²) in [6.07, 6.45) is 6.13. The SMILES string of the molecule is CCC(=O)N1CC2(CCN(c3nc(NC4CCN(C)CC4)nc4c(F)c(-c5c(C)ccc6[nH]ncc56)c(Cl)cc34)CC2)C1. The molecule has 7 rings (SSSR count). The van der Waals surface area contributed by atoms with Crippen LogP contribution in [-0.2, 0) is 4.79 Å². The third-order valence-corrected chi connectivity index (χ3v) is 10.1. The lowest BCUT2D eigenvalue weighted by Gasteiger charge is -2.54. The van der Waals surface area contributed by atoms with E-state index in [2.05, 4.69) is 32.4 Å². The summed E-state index contributed by atoms with van der Waals surface area (Å²) in [7, 11) is 2.13. The van der Waals surface area contributed by atoms with Crippen LogP contribution in [0.2, 0.25) is 5.02 Å². The number of aromatic amines is 1. The van der Waals surface area contributed by atoms with E-state index < -0.39 is 5.82 Å². The second kappa shape index (κ2) is 10.9. The average Bonchev–Trinajstić information content (AvgIpc) is 3.47. The van der Waals surface area contributed by atoms with Crippen molar-refractivity contribution >= 4 is 51.1 Å². The maximum Gasteiger partial charge on any atom is 0.225 e. The van der Waals surface area contributed by atoms with Crippen molar-refractivity contribution in [2.45, 2.75) is 52.0 Å². The number of rotatable bonds is 5. The van der Waals surface area contributed by atoms with Crippen LogP contribution in [0.4, 0.5) is 16.2 Å². The first kappa shape index (κ1) is 28.3. The van der Waals surface area contributed by atoms with Gasteiger partial charge in [0.2, 0.25) is 11.9 Å². The molecule has 2 aromatic carbocycles. The van der Waals surface area contributed by atoms with Gasteiger partial charge in [0.25, 0.3) is 0 Å². The van der Waals surface area contributed by atoms with Crippen LogP contribution in [0.3, 0.4) is 0 Å². The summed E-state index contributed by atoms with van der Waals surface area (Å²) in [6.45, 7) is 9.06. The van der Waals surface area contributed by atoms with E-state index in [1.165, 1.54) is 0 Å². The second-order valence-corrected chi connectivity index (χ2v) is 13.1. The highest BCUT2D eigenvalue weighted by Crippen LogP contribution is 2.45. The molecule has 9 nitrogen and oxygen atoms in total. The molecular weight excluding hydrogens is 567 g/mol. The maximum absolute atomic E-state index is 16.8. The predicted molar refractivity (Wildman–Crippen MR) is 169 cm³/mol. The molecule has 11 heteroatoms. The van der Waals surface area contributed by atoms with Crippen LogP contribution in [0.5, 0.6) is 0 Å². The van der Waals surface area contributed by atoms with Gasteiger partial charge in [0, 0.05) is 66.0 Å². The Morgan fingerprint density at radius 2 is 1.86 bits per heavy atom. The molecule has 5 heterocycles. The monoisotopic (exact) mass is 604 g/mol. The van der Waals surface area contributed by atoms with Crippen LogP contribution in [-0.4, -0.2) is 88.2 Å². The van der Waals surface area contributed by atoms with Gasteiger partial charge in [0.1, 0.15) is 11.3 Å². The van der Waals surface area contributed by atoms with E-state index in [9.17, 15) is 4.79 Å². The summed E-state index contributed by atoms with van der Waals surface area (Å²) in [4.78, 5) is 28.5. The van der Waals surface area contributed by atoms with Crippen molar-refractivity contribution < 1.29 is 9.18 Å². The van der Waals surface area contributed by atoms with E-state index in [4.69, 9.17) is 21.6 Å². The maximum atomic E-state index is 16.8. The molecule has 0 bridgehead atoms. The molecule has 3 aliphatic rings. The van der Waals surface area contributed by atoms with Crippen molar-refractivity contribution in [1.29, 1.82) is 0 Å². The van der Waals surface area contributed by atoms with Gasteiger partial charge < -0.3 is 20.0 Å². The van der Waals surface area contributed by atoms with Gasteiger partial charge in [0.05, 0.1) is 16.7 Å². The fraction of sp³-hybridized carbons (Fsp3) is 0.500. The van der Waals surface area contributed by atoms with Crippen LogP contribution in [0.15, 0.2) is 24.4 Å². The number of fused-ring (bicyclic) bond motifs is 2. The first-order valence-electron chi connectivity index (χ1n) is 15.4. The highest BCUT2D eigenvalue weighted by molar-refractivity contribution is 6.35. The minimum Gasteiger partial charge on any atom is -0.356 e. The number of nitrogens with one attached hydrogen (secondary N) is 2. The van der Waals surface area contributed by atoms with Gasteiger partial charge in [-0.05, 0) is 70.4 Å². The topological polar surface area (TPSA) is 93.3 Å². The fourth-order valence-electron chi connectivity index (χ4n) is 7.18. The molecule has 3 aliphatic heterocycles. The molecule has 3 saturated heterocycles. The van der Waals surface area contributed by atoms with Crippen LogP contribution in [0, 0.1) is 18.2 Å². The fourth-order valence-corrected chi connectivity index (χ4v) is 7.47. The standard InChI is InChI=1S/C32H38ClFN8O/c1-4-25(43)42-17-32(18-42)9-13-41(14-10-32)30-21-15-23(33)27(26-19(2)5-6-24-22(26)16-35-39-24)28(34)29(21)37-31(38-30)36-20-7-11-40(3)12-8-20/h5-6,15-16,20H,4,7-14,17-18H2,1-3H3,(H,35,39)(H,36,37,38). The van der Waals surface area contributed by atoms with Crippen molar-refractivity contribution in [2.75, 3.05) is 56.5 Å². The molecule has 1 amide bonds. The number of aryl methyl sites for hydroxylation is 1. The second-order valence-electron chi connectivity index (χ2n) is 12.7. The van der Waals surface area contributed by atoms with Crippen molar-refractivity contribution in [3.05, 3.63) is 40.8 Å². The van der Waals surface area contributed by atoms with E-state index in [0.717, 1.165) is 87.0 Å². The largest absolute Gasteiger partial charge is 0.356 e. The number of aromatic nitrogens is 4. The van der Waals surface area contributed by atoms with Crippen LogP contribution in [0.25, 0.3) is 32.9 Å². The zero-order valence-electron chi connectivity index (χ0n) is 25.0. The van der Waals surface area contributed by atoms with Crippen molar-refractivity contribution in [3.8, 4) is 11.1 Å². The average molecular weight is 605 g/mol. The van der Waals surface area contributed by atoms with Gasteiger partial charge >= 0.3 is 0 Å². The molecule has 0 radical (unpaired) electrons. The predicted octanol–water partition coefficient (Wildman–Crippen LogP) is 5.62. The lowest BCUT2D eigenvalue weighted by atomic mass is 9.72. The summed E-state index contributed by atoms with van der Waals surface area (Å²) in [6, 6.07) is 5.95. The van der Waals surface area contributed by atoms with Crippen molar-refractivity contribution in [1.82, 2.24) is 30.0 Å². The highest BCUT2D eigenvalue weighted by Gasteiger charge is 2.46. The Kier molecular flexibility index (Phi) is 7.16. The zero-order chi connectivity index (χ0) is 29.9. The number of hydrogen-bond donors (Lipinski definition) is 2. The molecular formula is C32H38ClFN8O. The number of likely N-dealkylation sites (tertiary alicyclic amines) is 2. The van der Waals surface area contributed by atoms with Gasteiger partial charge in [0.15, 0.2) is 5.82 Å². The number of carbonyl (C=O) groups is 1. The first-order valence-corrected chi connectivity index (χ1v) is 15.7. The molecule has 226 valence electrons. The minimum atomic E-state index is -0.449. The molecule has 43 heavy (non-hydrogen) atoms. The van der Waals surface area contributed by atoms with Gasteiger partial charge in [-0.2, -0.15) is 10.1 Å². The number of piperidine rings is 2. The number of H-pyrrole nitrogens is 1. The van der Waals surface area contributed by atoms with Crippen LogP contribution >= 0.6 is 11.6 Å². The molecule has 3 fully saturated rings. The normalized spacial score (nSPS) is 19.4. The molecule has 2 N–H and O–H groups in total. The summed E-state index contributed by atoms with van der Waals surface area (Å²) in [5, 5.41) is 12.5. The molecule has 2 aromatic heterocycles. The number of halogens is 2. The van der Waals surface area contributed by atoms with E-state index >= 15 is 4.39 Å². The molecule has 4 aromatic rings. The van der Waals surface area contributed by atoms with E-state index in [1.54, 1.807) is 6.20 Å². The Bertz CT molecular complexity index is 1700. The Morgan fingerprint density at radius 3 is 2.58 bits per heavy atom. The van der Waals surface area contributed by atoms with Crippen molar-refractivity contribution in [2.24, 2.45) is 5.41 Å². The number of carbonyl (C=O) groups excluding carboxylic acids is 1. The Labute approximate surface area is 255 Å². The zero-order valence-corrected chi connectivity index (χ0v) is 25.8. The van der Waals surface area contributed by atoms with Crippen LogP contribution in [0.1, 0.15) is 44.6 Å². The third kappa shape index (κ3) is 4.98. The Hall–Kier alpha value is -3.50. The molecule has 1 spiro atoms. The van der Waals surface area contributed by atoms with Gasteiger partial charge in [-0.15, -0.1) is 0 Å². The number of benzene rings is 2. The molecule has 0 unspecified atom stereocenters. The Balaban J connectivity index is 1.29. The third-order valence-electron chi connectivity index (χ3n) is 9.83. The van der Waals surface area contributed by atoms with Gasteiger partial charge in [-0.3, -0.25) is 9.89 Å². The summed E-state index contributed by atoms with van der Waals surface area (Å²) < 4.78 is 16.8. The summed E-state index contributed by atoms with van der Waals surface area (Å²) in [5.74, 6) is 0.935. The first-order chi connectivity index (χ1) is 20.7. The number of nitrogens with zero attached hydrogens (tertiary/aromatic N) is 6. The number of amides is 1. The number of anilines is 2. The molecule has 0 atom stereocenters. The molecule has 0 aliphatic carbocycles. The highest BCUT2D eigenvalue weighted by atomic mass is 35.5. The van der Waals surface area contributed by atoms with E-state index in [1.807, 2.05) is 36.9 Å². The summed E-state index contributed by atoms with van der Waals surface area (Å²) in [5.41, 5.74) is 3.21. The van der Waals surface area contributed by atoms with Crippen molar-refractivity contribution in [3.63, 3.8) is 0 Å². The van der Waals surface area contributed by atoms with E-state index in [-0.39, 0.29) is 22.9 Å². The molecule has 0 saturated carbocycles. The van der Waals surface area contributed by atoms with Gasteiger partial charge in [-0.25, -0.2) is 9.37 Å².